The lowest BCUT2D eigenvalue weighted by atomic mass is 10.4. The van der Waals surface area contributed by atoms with Gasteiger partial charge in [-0.25, -0.2) is 4.79 Å². The Kier molecular flexibility index (Phi) is 3.87. The van der Waals surface area contributed by atoms with Crippen LogP contribution in [0.3, 0.4) is 0 Å². The first-order valence-corrected chi connectivity index (χ1v) is 5.69. The van der Waals surface area contributed by atoms with Crippen LogP contribution in [0.5, 0.6) is 0 Å². The molecule has 0 atom stereocenters. The van der Waals surface area contributed by atoms with Gasteiger partial charge in [0.2, 0.25) is 0 Å². The predicted molar refractivity (Wildman–Crippen MR) is 62.9 cm³/mol. The molecule has 1 aromatic rings. The summed E-state index contributed by atoms with van der Waals surface area (Å²) in [7, 11) is 1.32. The molecule has 1 saturated carbocycles. The highest BCUT2D eigenvalue weighted by Gasteiger charge is 2.19. The number of ether oxygens (including phenoxy) is 1. The molecule has 0 bridgehead atoms. The second-order valence-electron chi connectivity index (χ2n) is 3.95. The maximum Gasteiger partial charge on any atom is 0.358 e. The van der Waals surface area contributed by atoms with Gasteiger partial charge in [0, 0.05) is 19.1 Å². The normalized spacial score (nSPS) is 14.4. The SMILES string of the molecule is COC(=O)c1ccc(NCCNC2CC2)nn1. The fourth-order valence-corrected chi connectivity index (χ4v) is 1.39. The minimum absolute atomic E-state index is 0.217. The summed E-state index contributed by atoms with van der Waals surface area (Å²) in [6.07, 6.45) is 2.57. The molecule has 6 nitrogen and oxygen atoms in total. The van der Waals surface area contributed by atoms with E-state index in [4.69, 9.17) is 0 Å². The van der Waals surface area contributed by atoms with Crippen molar-refractivity contribution in [2.24, 2.45) is 0 Å². The molecule has 1 heterocycles. The van der Waals surface area contributed by atoms with Crippen molar-refractivity contribution in [3.8, 4) is 0 Å². The van der Waals surface area contributed by atoms with Crippen LogP contribution in [0.1, 0.15) is 23.3 Å². The Hall–Kier alpha value is -1.69. The van der Waals surface area contributed by atoms with Gasteiger partial charge in [-0.2, -0.15) is 0 Å². The third kappa shape index (κ3) is 3.67. The third-order valence-corrected chi connectivity index (χ3v) is 2.50. The molecule has 0 spiro atoms. The molecule has 2 N–H and O–H groups in total. The first-order chi connectivity index (χ1) is 8.29. The first-order valence-electron chi connectivity index (χ1n) is 5.69. The number of carbonyl (C=O) groups excluding carboxylic acids is 1. The van der Waals surface area contributed by atoms with Gasteiger partial charge >= 0.3 is 5.97 Å². The number of rotatable bonds is 6. The van der Waals surface area contributed by atoms with Gasteiger partial charge in [0.25, 0.3) is 0 Å². The fourth-order valence-electron chi connectivity index (χ4n) is 1.39. The summed E-state index contributed by atoms with van der Waals surface area (Å²) >= 11 is 0. The maximum absolute atomic E-state index is 11.1. The molecule has 1 fully saturated rings. The van der Waals surface area contributed by atoms with Crippen molar-refractivity contribution < 1.29 is 9.53 Å². The van der Waals surface area contributed by atoms with Crippen LogP contribution in [-0.2, 0) is 4.74 Å². The van der Waals surface area contributed by atoms with Crippen LogP contribution in [0.2, 0.25) is 0 Å². The van der Waals surface area contributed by atoms with Crippen molar-refractivity contribution in [1.29, 1.82) is 0 Å². The van der Waals surface area contributed by atoms with Gasteiger partial charge in [-0.05, 0) is 25.0 Å². The van der Waals surface area contributed by atoms with E-state index in [9.17, 15) is 4.79 Å². The van der Waals surface area contributed by atoms with E-state index < -0.39 is 5.97 Å². The van der Waals surface area contributed by atoms with Crippen molar-refractivity contribution in [2.45, 2.75) is 18.9 Å². The molecule has 0 aromatic carbocycles. The predicted octanol–water partition coefficient (Wildman–Crippen LogP) is 0.427. The minimum Gasteiger partial charge on any atom is -0.464 e. The number of esters is 1. The lowest BCUT2D eigenvalue weighted by molar-refractivity contribution is 0.0593. The second kappa shape index (κ2) is 5.58. The van der Waals surface area contributed by atoms with Gasteiger partial charge in [-0.3, -0.25) is 0 Å². The van der Waals surface area contributed by atoms with Gasteiger partial charge in [-0.15, -0.1) is 10.2 Å². The largest absolute Gasteiger partial charge is 0.464 e. The molecule has 6 heteroatoms. The molecule has 0 radical (unpaired) electrons. The molecular formula is C11H16N4O2. The topological polar surface area (TPSA) is 76.1 Å². The van der Waals surface area contributed by atoms with Crippen LogP contribution >= 0.6 is 0 Å². The average Bonchev–Trinajstić information content (AvgIpc) is 3.18. The highest BCUT2D eigenvalue weighted by atomic mass is 16.5. The van der Waals surface area contributed by atoms with Crippen LogP contribution in [-0.4, -0.2) is 42.4 Å². The number of hydrogen-bond donors (Lipinski definition) is 2. The Balaban J connectivity index is 1.74. The van der Waals surface area contributed by atoms with E-state index >= 15 is 0 Å². The first kappa shape index (κ1) is 11.8. The van der Waals surface area contributed by atoms with Crippen LogP contribution < -0.4 is 10.6 Å². The van der Waals surface area contributed by atoms with E-state index in [1.807, 2.05) is 0 Å². The Morgan fingerprint density at radius 3 is 2.82 bits per heavy atom. The molecule has 0 unspecified atom stereocenters. The number of nitrogens with one attached hydrogen (secondary N) is 2. The van der Waals surface area contributed by atoms with Crippen LogP contribution in [0, 0.1) is 0 Å². The highest BCUT2D eigenvalue weighted by Crippen LogP contribution is 2.17. The Morgan fingerprint density at radius 2 is 2.24 bits per heavy atom. The van der Waals surface area contributed by atoms with E-state index in [-0.39, 0.29) is 5.69 Å². The standard InChI is InChI=1S/C11H16N4O2/c1-17-11(16)9-4-5-10(15-14-9)13-7-6-12-8-2-3-8/h4-5,8,12H,2-3,6-7H2,1H3,(H,13,15). The molecule has 0 aliphatic heterocycles. The Morgan fingerprint density at radius 1 is 1.41 bits per heavy atom. The summed E-state index contributed by atoms with van der Waals surface area (Å²) in [6.45, 7) is 1.70. The van der Waals surface area contributed by atoms with Gasteiger partial charge < -0.3 is 15.4 Å². The van der Waals surface area contributed by atoms with E-state index in [2.05, 4.69) is 25.6 Å². The Labute approximate surface area is 99.8 Å². The van der Waals surface area contributed by atoms with E-state index in [0.717, 1.165) is 13.1 Å². The van der Waals surface area contributed by atoms with Crippen molar-refractivity contribution in [2.75, 3.05) is 25.5 Å². The lowest BCUT2D eigenvalue weighted by Gasteiger charge is -2.05. The summed E-state index contributed by atoms with van der Waals surface area (Å²) in [5, 5.41) is 14.2. The van der Waals surface area contributed by atoms with E-state index in [1.54, 1.807) is 12.1 Å². The van der Waals surface area contributed by atoms with Gasteiger partial charge in [0.1, 0.15) is 5.82 Å². The molecule has 17 heavy (non-hydrogen) atoms. The van der Waals surface area contributed by atoms with Crippen LogP contribution in [0.15, 0.2) is 12.1 Å². The smallest absolute Gasteiger partial charge is 0.358 e. The Bertz CT molecular complexity index is 376. The van der Waals surface area contributed by atoms with Crippen molar-refractivity contribution in [1.82, 2.24) is 15.5 Å². The molecular weight excluding hydrogens is 220 g/mol. The molecule has 1 aliphatic carbocycles. The third-order valence-electron chi connectivity index (χ3n) is 2.50. The van der Waals surface area contributed by atoms with Crippen molar-refractivity contribution >= 4 is 11.8 Å². The number of carbonyl (C=O) groups is 1. The maximum atomic E-state index is 11.1. The average molecular weight is 236 g/mol. The minimum atomic E-state index is -0.473. The molecule has 2 rings (SSSR count). The molecule has 0 amide bonds. The summed E-state index contributed by atoms with van der Waals surface area (Å²) in [4.78, 5) is 11.1. The molecule has 1 aliphatic rings. The molecule has 92 valence electrons. The zero-order valence-corrected chi connectivity index (χ0v) is 9.77. The summed E-state index contributed by atoms with van der Waals surface area (Å²) < 4.78 is 4.54. The molecule has 1 aromatic heterocycles. The van der Waals surface area contributed by atoms with Gasteiger partial charge in [0.15, 0.2) is 5.69 Å². The summed E-state index contributed by atoms with van der Waals surface area (Å²) in [5.41, 5.74) is 0.217. The highest BCUT2D eigenvalue weighted by molar-refractivity contribution is 5.86. The zero-order valence-electron chi connectivity index (χ0n) is 9.77. The number of anilines is 1. The van der Waals surface area contributed by atoms with Gasteiger partial charge in [-0.1, -0.05) is 0 Å². The number of aromatic nitrogens is 2. The number of nitrogens with zero attached hydrogens (tertiary/aromatic N) is 2. The zero-order chi connectivity index (χ0) is 12.1. The summed E-state index contributed by atoms with van der Waals surface area (Å²) in [5.74, 6) is 0.190. The fraction of sp³-hybridized carbons (Fsp3) is 0.545. The van der Waals surface area contributed by atoms with E-state index in [0.29, 0.717) is 11.9 Å². The lowest BCUT2D eigenvalue weighted by Crippen LogP contribution is -2.24. The number of methoxy groups -OCH3 is 1. The van der Waals surface area contributed by atoms with Crippen LogP contribution in [0.25, 0.3) is 0 Å². The van der Waals surface area contributed by atoms with Crippen molar-refractivity contribution in [3.05, 3.63) is 17.8 Å². The number of hydrogen-bond acceptors (Lipinski definition) is 6. The summed E-state index contributed by atoms with van der Waals surface area (Å²) in [6, 6.07) is 4.02. The second-order valence-corrected chi connectivity index (χ2v) is 3.95. The molecule has 0 saturated heterocycles. The van der Waals surface area contributed by atoms with E-state index in [1.165, 1.54) is 20.0 Å². The van der Waals surface area contributed by atoms with Gasteiger partial charge in [0.05, 0.1) is 7.11 Å². The monoisotopic (exact) mass is 236 g/mol. The quantitative estimate of drug-likeness (QED) is 0.551. The van der Waals surface area contributed by atoms with Crippen LogP contribution in [0.4, 0.5) is 5.82 Å². The van der Waals surface area contributed by atoms with Crippen molar-refractivity contribution in [3.63, 3.8) is 0 Å².